The lowest BCUT2D eigenvalue weighted by Gasteiger charge is -2.40. The molecule has 1 fully saturated rings. The molecule has 1 N–H and O–H groups in total. The van der Waals surface area contributed by atoms with E-state index in [1.165, 1.54) is 16.7 Å². The Morgan fingerprint density at radius 1 is 1.12 bits per heavy atom. The molecule has 1 aliphatic heterocycles. The molecule has 1 unspecified atom stereocenters. The van der Waals surface area contributed by atoms with Crippen LogP contribution in [-0.2, 0) is 24.1 Å². The summed E-state index contributed by atoms with van der Waals surface area (Å²) < 4.78 is 7.48. The second kappa shape index (κ2) is 9.72. The van der Waals surface area contributed by atoms with Gasteiger partial charge in [0.2, 0.25) is 18.3 Å². The zero-order chi connectivity index (χ0) is 23.7. The molecule has 1 aromatic carbocycles. The summed E-state index contributed by atoms with van der Waals surface area (Å²) >= 11 is 3.59. The standard InChI is InChI=1S/C26H28BrN4O3/c1-34-22-4-5-23-19(16-22)2-3-20-15-21(27)17-28-25(20)26(23)30-12-10-29(11-13-30)24(32)14-18-6-8-31(33)9-7-18/h4-9,15-17,26,33H,2-3,10-14H2,1H3/q+1. The highest BCUT2D eigenvalue weighted by atomic mass is 79.9. The first-order valence-electron chi connectivity index (χ1n) is 11.5. The number of hydrogen-bond acceptors (Lipinski definition) is 5. The highest BCUT2D eigenvalue weighted by molar-refractivity contribution is 9.10. The van der Waals surface area contributed by atoms with Crippen molar-refractivity contribution in [2.45, 2.75) is 25.3 Å². The predicted octanol–water partition coefficient (Wildman–Crippen LogP) is 2.95. The van der Waals surface area contributed by atoms with Gasteiger partial charge >= 0.3 is 0 Å². The second-order valence-corrected chi connectivity index (χ2v) is 9.76. The van der Waals surface area contributed by atoms with Gasteiger partial charge in [0.15, 0.2) is 0 Å². The normalized spacial score (nSPS) is 18.1. The molecule has 2 aliphatic rings. The van der Waals surface area contributed by atoms with E-state index >= 15 is 0 Å². The molecule has 1 atom stereocenters. The maximum atomic E-state index is 12.9. The Bertz CT molecular complexity index is 1190. The van der Waals surface area contributed by atoms with Crippen LogP contribution in [-0.4, -0.2) is 59.2 Å². The zero-order valence-corrected chi connectivity index (χ0v) is 20.7. The maximum absolute atomic E-state index is 12.9. The number of rotatable bonds is 4. The van der Waals surface area contributed by atoms with E-state index in [0.717, 1.165) is 52.1 Å². The van der Waals surface area contributed by atoms with Crippen molar-refractivity contribution in [3.05, 3.63) is 87.4 Å². The van der Waals surface area contributed by atoms with E-state index in [1.807, 2.05) is 17.2 Å². The molecule has 0 spiro atoms. The minimum absolute atomic E-state index is 0.0536. The summed E-state index contributed by atoms with van der Waals surface area (Å²) in [6.45, 7) is 2.92. The molecule has 176 valence electrons. The summed E-state index contributed by atoms with van der Waals surface area (Å²) in [5.74, 6) is 0.990. The van der Waals surface area contributed by atoms with Gasteiger partial charge in [0.25, 0.3) is 0 Å². The van der Waals surface area contributed by atoms with Crippen LogP contribution in [0, 0.1) is 0 Å². The number of carbonyl (C=O) groups is 1. The molecule has 0 bridgehead atoms. The molecule has 34 heavy (non-hydrogen) atoms. The van der Waals surface area contributed by atoms with E-state index in [9.17, 15) is 10.0 Å². The Balaban J connectivity index is 1.37. The smallest absolute Gasteiger partial charge is 0.227 e. The Labute approximate surface area is 207 Å². The minimum atomic E-state index is 0.0536. The number of fused-ring (bicyclic) bond motifs is 2. The van der Waals surface area contributed by atoms with E-state index in [-0.39, 0.29) is 11.9 Å². The van der Waals surface area contributed by atoms with Gasteiger partial charge in [-0.2, -0.15) is 0 Å². The van der Waals surface area contributed by atoms with Crippen molar-refractivity contribution in [3.63, 3.8) is 0 Å². The van der Waals surface area contributed by atoms with Gasteiger partial charge in [-0.25, -0.2) is 0 Å². The van der Waals surface area contributed by atoms with Gasteiger partial charge in [-0.1, -0.05) is 6.07 Å². The number of amides is 1. The summed E-state index contributed by atoms with van der Waals surface area (Å²) in [6.07, 6.45) is 7.18. The van der Waals surface area contributed by atoms with Gasteiger partial charge in [0.05, 0.1) is 25.3 Å². The molecule has 1 amide bonds. The zero-order valence-electron chi connectivity index (χ0n) is 19.2. The number of piperazine rings is 1. The number of pyridine rings is 2. The molecule has 0 saturated carbocycles. The second-order valence-electron chi connectivity index (χ2n) is 8.85. The Hall–Kier alpha value is -2.97. The lowest BCUT2D eigenvalue weighted by Crippen LogP contribution is -2.50. The topological polar surface area (TPSA) is 69.8 Å². The number of aryl methyl sites for hydroxylation is 2. The van der Waals surface area contributed by atoms with Crippen LogP contribution < -0.4 is 9.47 Å². The van der Waals surface area contributed by atoms with Crippen molar-refractivity contribution in [2.75, 3.05) is 33.3 Å². The first-order valence-corrected chi connectivity index (χ1v) is 12.3. The number of methoxy groups -OCH3 is 1. The van der Waals surface area contributed by atoms with Crippen molar-refractivity contribution in [1.29, 1.82) is 0 Å². The molecular formula is C26H28BrN4O3+. The summed E-state index contributed by atoms with van der Waals surface area (Å²) in [6, 6.07) is 12.1. The lowest BCUT2D eigenvalue weighted by atomic mass is 9.95. The number of benzene rings is 1. The third-order valence-electron chi connectivity index (χ3n) is 6.81. The van der Waals surface area contributed by atoms with E-state index < -0.39 is 0 Å². The minimum Gasteiger partial charge on any atom is -0.497 e. The number of halogens is 1. The van der Waals surface area contributed by atoms with Crippen LogP contribution >= 0.6 is 15.9 Å². The number of nitrogens with zero attached hydrogens (tertiary/aromatic N) is 4. The highest BCUT2D eigenvalue weighted by Crippen LogP contribution is 2.38. The monoisotopic (exact) mass is 523 g/mol. The lowest BCUT2D eigenvalue weighted by molar-refractivity contribution is -0.904. The first kappa shape index (κ1) is 22.8. The fourth-order valence-corrected chi connectivity index (χ4v) is 5.38. The van der Waals surface area contributed by atoms with Crippen molar-refractivity contribution in [3.8, 4) is 5.75 Å². The first-order chi connectivity index (χ1) is 16.5. The van der Waals surface area contributed by atoms with Crippen molar-refractivity contribution >= 4 is 21.8 Å². The summed E-state index contributed by atoms with van der Waals surface area (Å²) in [5.41, 5.74) is 5.83. The molecular weight excluding hydrogens is 496 g/mol. The van der Waals surface area contributed by atoms with Gasteiger partial charge in [0, 0.05) is 53.7 Å². The Kier molecular flexibility index (Phi) is 6.52. The number of carbonyl (C=O) groups excluding carboxylic acids is 1. The Morgan fingerprint density at radius 3 is 2.59 bits per heavy atom. The van der Waals surface area contributed by atoms with Gasteiger partial charge in [-0.3, -0.25) is 19.9 Å². The molecule has 3 aromatic rings. The third kappa shape index (κ3) is 4.65. The van der Waals surface area contributed by atoms with Crippen LogP contribution in [0.2, 0.25) is 0 Å². The molecule has 3 heterocycles. The van der Waals surface area contributed by atoms with Crippen LogP contribution in [0.3, 0.4) is 0 Å². The van der Waals surface area contributed by atoms with Crippen molar-refractivity contribution in [2.24, 2.45) is 0 Å². The van der Waals surface area contributed by atoms with Gasteiger partial charge < -0.3 is 9.64 Å². The van der Waals surface area contributed by atoms with Crippen molar-refractivity contribution in [1.82, 2.24) is 14.8 Å². The number of hydrogen-bond donors (Lipinski definition) is 1. The van der Waals surface area contributed by atoms with Crippen LogP contribution in [0.15, 0.2) is 59.5 Å². The van der Waals surface area contributed by atoms with E-state index in [4.69, 9.17) is 9.72 Å². The number of ether oxygens (including phenoxy) is 1. The molecule has 1 aliphatic carbocycles. The van der Waals surface area contributed by atoms with Crippen LogP contribution in [0.1, 0.15) is 34.0 Å². The molecule has 7 nitrogen and oxygen atoms in total. The third-order valence-corrected chi connectivity index (χ3v) is 7.24. The summed E-state index contributed by atoms with van der Waals surface area (Å²) in [5, 5.41) is 9.40. The highest BCUT2D eigenvalue weighted by Gasteiger charge is 2.33. The average Bonchev–Trinajstić information content (AvgIpc) is 3.01. The quantitative estimate of drug-likeness (QED) is 0.420. The predicted molar refractivity (Wildman–Crippen MR) is 130 cm³/mol. The summed E-state index contributed by atoms with van der Waals surface area (Å²) in [7, 11) is 1.70. The molecule has 8 heteroatoms. The fraction of sp³-hybridized carbons (Fsp3) is 0.346. The largest absolute Gasteiger partial charge is 0.497 e. The van der Waals surface area contributed by atoms with Crippen LogP contribution in [0.4, 0.5) is 0 Å². The Morgan fingerprint density at radius 2 is 1.85 bits per heavy atom. The maximum Gasteiger partial charge on any atom is 0.227 e. The molecule has 1 saturated heterocycles. The fourth-order valence-electron chi connectivity index (χ4n) is 5.00. The number of aromatic nitrogens is 2. The molecule has 2 aromatic heterocycles. The van der Waals surface area contributed by atoms with E-state index in [2.05, 4.69) is 39.0 Å². The van der Waals surface area contributed by atoms with Crippen LogP contribution in [0.25, 0.3) is 0 Å². The summed E-state index contributed by atoms with van der Waals surface area (Å²) in [4.78, 5) is 22.2. The van der Waals surface area contributed by atoms with E-state index in [1.54, 1.807) is 31.6 Å². The van der Waals surface area contributed by atoms with Crippen molar-refractivity contribution < 1.29 is 19.5 Å². The van der Waals surface area contributed by atoms with Gasteiger partial charge in [-0.05, 0) is 69.2 Å². The van der Waals surface area contributed by atoms with E-state index in [0.29, 0.717) is 19.5 Å². The molecule has 5 rings (SSSR count). The average molecular weight is 524 g/mol. The van der Waals surface area contributed by atoms with Gasteiger partial charge in [-0.15, -0.1) is 0 Å². The van der Waals surface area contributed by atoms with Crippen LogP contribution in [0.5, 0.6) is 5.75 Å². The molecule has 0 radical (unpaired) electrons. The SMILES string of the molecule is COc1ccc2c(c1)CCc1cc(Br)cnc1C2N1CCN(C(=O)Cc2cc[n+](O)cc2)CC1. The van der Waals surface area contributed by atoms with Gasteiger partial charge in [0.1, 0.15) is 5.75 Å².